The van der Waals surface area contributed by atoms with E-state index >= 15 is 0 Å². The minimum atomic E-state index is -4.09. The average Bonchev–Trinajstić information content (AvgIpc) is 3.87. The lowest BCUT2D eigenvalue weighted by Gasteiger charge is -2.33. The quantitative estimate of drug-likeness (QED) is 0.0774. The van der Waals surface area contributed by atoms with Crippen molar-refractivity contribution >= 4 is 21.8 Å². The maximum Gasteiger partial charge on any atom is 0.414 e. The van der Waals surface area contributed by atoms with Crippen molar-refractivity contribution in [3.8, 4) is 5.75 Å². The number of aliphatic hydroxyl groups excluding tert-OH is 2. The SMILES string of the molecule is C=CCOC(=O)N1C[C@H]2[C@@H]([C@H](O)[C@@H](CO)c3c(OCc4ccccc4)cc(COCOCc4ccccc4)cc31)N2S(=O)(=O)c1ccc(C)cc1. The first-order chi connectivity index (χ1) is 24.7. The Balaban J connectivity index is 1.37. The van der Waals surface area contributed by atoms with Crippen molar-refractivity contribution < 1.29 is 42.4 Å². The van der Waals surface area contributed by atoms with Gasteiger partial charge in [0.15, 0.2) is 0 Å². The molecule has 0 radical (unpaired) electrons. The Hall–Kier alpha value is -4.56. The van der Waals surface area contributed by atoms with E-state index in [9.17, 15) is 23.4 Å². The number of aryl methyl sites for hydroxylation is 1. The number of nitrogens with zero attached hydrogens (tertiary/aromatic N) is 2. The van der Waals surface area contributed by atoms with Crippen LogP contribution >= 0.6 is 0 Å². The molecule has 51 heavy (non-hydrogen) atoms. The lowest BCUT2D eigenvalue weighted by atomic mass is 9.86. The van der Waals surface area contributed by atoms with Gasteiger partial charge in [-0.2, -0.15) is 4.31 Å². The van der Waals surface area contributed by atoms with Gasteiger partial charge in [0, 0.05) is 18.0 Å². The molecule has 6 rings (SSSR count). The van der Waals surface area contributed by atoms with E-state index in [0.29, 0.717) is 29.2 Å². The van der Waals surface area contributed by atoms with Gasteiger partial charge >= 0.3 is 6.09 Å². The second kappa shape index (κ2) is 16.2. The number of anilines is 1. The van der Waals surface area contributed by atoms with E-state index in [0.717, 1.165) is 16.7 Å². The van der Waals surface area contributed by atoms with E-state index in [-0.39, 0.29) is 38.1 Å². The number of hydrogen-bond acceptors (Lipinski definition) is 9. The molecule has 2 aliphatic heterocycles. The van der Waals surface area contributed by atoms with Crippen molar-refractivity contribution in [1.29, 1.82) is 0 Å². The summed E-state index contributed by atoms with van der Waals surface area (Å²) in [6.45, 7) is 5.30. The van der Waals surface area contributed by atoms with Crippen LogP contribution in [-0.2, 0) is 44.1 Å². The average molecular weight is 715 g/mol. The fourth-order valence-corrected chi connectivity index (χ4v) is 8.24. The van der Waals surface area contributed by atoms with Crippen molar-refractivity contribution in [3.63, 3.8) is 0 Å². The molecule has 268 valence electrons. The van der Waals surface area contributed by atoms with Crippen LogP contribution in [0.3, 0.4) is 0 Å². The second-order valence-electron chi connectivity index (χ2n) is 12.6. The van der Waals surface area contributed by atoms with Crippen LogP contribution in [-0.4, -0.2) is 73.8 Å². The minimum absolute atomic E-state index is 0.00909. The third-order valence-electron chi connectivity index (χ3n) is 9.02. The normalized spacial score (nSPS) is 21.1. The number of ether oxygens (including phenoxy) is 4. The molecule has 1 saturated heterocycles. The van der Waals surface area contributed by atoms with Crippen molar-refractivity contribution in [2.24, 2.45) is 0 Å². The molecule has 0 spiro atoms. The summed E-state index contributed by atoms with van der Waals surface area (Å²) in [7, 11) is -4.09. The molecule has 4 aromatic rings. The molecule has 0 aromatic heterocycles. The summed E-state index contributed by atoms with van der Waals surface area (Å²) in [4.78, 5) is 15.2. The van der Waals surface area contributed by atoms with E-state index in [1.54, 1.807) is 24.3 Å². The van der Waals surface area contributed by atoms with Gasteiger partial charge in [-0.3, -0.25) is 4.90 Å². The van der Waals surface area contributed by atoms with Gasteiger partial charge in [0.1, 0.15) is 25.8 Å². The topological polar surface area (TPSA) is 135 Å². The summed E-state index contributed by atoms with van der Waals surface area (Å²) in [6.07, 6.45) is -0.649. The Bertz CT molecular complexity index is 1910. The summed E-state index contributed by atoms with van der Waals surface area (Å²) in [5, 5.41) is 22.7. The molecular weight excluding hydrogens is 673 g/mol. The number of sulfonamides is 1. The molecule has 5 atom stereocenters. The number of fused-ring (bicyclic) bond motifs is 2. The van der Waals surface area contributed by atoms with Crippen LogP contribution in [0.25, 0.3) is 0 Å². The third-order valence-corrected chi connectivity index (χ3v) is 11.0. The van der Waals surface area contributed by atoms with E-state index in [2.05, 4.69) is 6.58 Å². The highest BCUT2D eigenvalue weighted by atomic mass is 32.2. The molecule has 2 aliphatic rings. The molecule has 2 heterocycles. The van der Waals surface area contributed by atoms with Crippen molar-refractivity contribution in [3.05, 3.63) is 138 Å². The Kier molecular flexibility index (Phi) is 11.5. The maximum atomic E-state index is 14.0. The van der Waals surface area contributed by atoms with Crippen LogP contribution in [0.2, 0.25) is 0 Å². The molecule has 1 amide bonds. The lowest BCUT2D eigenvalue weighted by molar-refractivity contribution is -0.0689. The molecule has 4 aromatic carbocycles. The lowest BCUT2D eigenvalue weighted by Crippen LogP contribution is -2.41. The number of hydrogen-bond donors (Lipinski definition) is 2. The summed E-state index contributed by atoms with van der Waals surface area (Å²) in [5.41, 5.74) is 4.02. The van der Waals surface area contributed by atoms with Gasteiger partial charge in [0.25, 0.3) is 0 Å². The predicted molar refractivity (Wildman–Crippen MR) is 191 cm³/mol. The Morgan fingerprint density at radius 1 is 0.902 bits per heavy atom. The van der Waals surface area contributed by atoms with Crippen LogP contribution in [0, 0.1) is 6.92 Å². The summed E-state index contributed by atoms with van der Waals surface area (Å²) < 4.78 is 52.6. The molecule has 1 unspecified atom stereocenters. The molecule has 2 N–H and O–H groups in total. The van der Waals surface area contributed by atoms with E-state index in [1.165, 1.54) is 27.4 Å². The van der Waals surface area contributed by atoms with Crippen LogP contribution in [0.1, 0.15) is 33.7 Å². The van der Waals surface area contributed by atoms with E-state index in [1.807, 2.05) is 67.6 Å². The predicted octanol–water partition coefficient (Wildman–Crippen LogP) is 5.29. The van der Waals surface area contributed by atoms with Gasteiger partial charge in [-0.15, -0.1) is 0 Å². The molecule has 12 heteroatoms. The van der Waals surface area contributed by atoms with Gasteiger partial charge in [-0.25, -0.2) is 13.2 Å². The number of benzene rings is 4. The zero-order valence-electron chi connectivity index (χ0n) is 28.3. The number of carbonyl (C=O) groups is 1. The Morgan fingerprint density at radius 3 is 2.16 bits per heavy atom. The van der Waals surface area contributed by atoms with Crippen LogP contribution < -0.4 is 9.64 Å². The van der Waals surface area contributed by atoms with Gasteiger partial charge < -0.3 is 29.2 Å². The van der Waals surface area contributed by atoms with E-state index in [4.69, 9.17) is 18.9 Å². The monoisotopic (exact) mass is 714 g/mol. The molecule has 0 saturated carbocycles. The zero-order valence-corrected chi connectivity index (χ0v) is 29.2. The molecule has 0 bridgehead atoms. The smallest absolute Gasteiger partial charge is 0.414 e. The first-order valence-corrected chi connectivity index (χ1v) is 18.1. The molecule has 0 aliphatic carbocycles. The number of rotatable bonds is 14. The highest BCUT2D eigenvalue weighted by Crippen LogP contribution is 2.49. The van der Waals surface area contributed by atoms with Crippen LogP contribution in [0.4, 0.5) is 10.5 Å². The van der Waals surface area contributed by atoms with Gasteiger partial charge in [-0.1, -0.05) is 91.0 Å². The second-order valence-corrected chi connectivity index (χ2v) is 14.4. The molecule has 1 fully saturated rings. The largest absolute Gasteiger partial charge is 0.489 e. The van der Waals surface area contributed by atoms with Crippen molar-refractivity contribution in [1.82, 2.24) is 4.31 Å². The minimum Gasteiger partial charge on any atom is -0.489 e. The van der Waals surface area contributed by atoms with Gasteiger partial charge in [0.05, 0.1) is 48.6 Å². The van der Waals surface area contributed by atoms with Gasteiger partial charge in [-0.05, 0) is 47.9 Å². The number of carbonyl (C=O) groups excluding carboxylic acids is 1. The molecular formula is C39H42N2O9S. The Labute approximate surface area is 298 Å². The third kappa shape index (κ3) is 8.17. The van der Waals surface area contributed by atoms with E-state index < -0.39 is 46.8 Å². The first-order valence-electron chi connectivity index (χ1n) is 16.7. The van der Waals surface area contributed by atoms with Crippen LogP contribution in [0.15, 0.2) is 115 Å². The summed E-state index contributed by atoms with van der Waals surface area (Å²) in [6, 6.07) is 27.3. The van der Waals surface area contributed by atoms with Crippen molar-refractivity contribution in [2.75, 3.05) is 31.5 Å². The highest BCUT2D eigenvalue weighted by molar-refractivity contribution is 7.89. The highest BCUT2D eigenvalue weighted by Gasteiger charge is 2.62. The molecule has 11 nitrogen and oxygen atoms in total. The Morgan fingerprint density at radius 2 is 1.53 bits per heavy atom. The standard InChI is InChI=1S/C39H42N2O9S/c1-3-18-49-39(44)40-21-34-37(41(34)51(45,46)31-16-14-27(2)15-17-31)38(43)32(22-42)36-33(40)19-30(20-35(36)50-25-29-12-8-5-9-13-29)24-48-26-47-23-28-10-6-4-7-11-28/h3-17,19-20,32,34,37-38,42-43H,1,18,21-26H2,2H3/t32-,34-,37-,38+,41?/m0/s1. The summed E-state index contributed by atoms with van der Waals surface area (Å²) in [5.74, 6) is -0.734. The number of aliphatic hydroxyl groups is 2. The maximum absolute atomic E-state index is 14.0. The van der Waals surface area contributed by atoms with Crippen LogP contribution in [0.5, 0.6) is 5.75 Å². The summed E-state index contributed by atoms with van der Waals surface area (Å²) >= 11 is 0. The zero-order chi connectivity index (χ0) is 36.0. The number of amides is 1. The fourth-order valence-electron chi connectivity index (χ4n) is 6.44. The van der Waals surface area contributed by atoms with Crippen molar-refractivity contribution in [2.45, 2.75) is 55.7 Å². The first kappa shape index (κ1) is 36.2. The fraction of sp³-hybridized carbons (Fsp3) is 0.308. The van der Waals surface area contributed by atoms with Gasteiger partial charge in [0.2, 0.25) is 10.0 Å².